The van der Waals surface area contributed by atoms with Crippen LogP contribution >= 0.6 is 0 Å². The summed E-state index contributed by atoms with van der Waals surface area (Å²) in [5.41, 5.74) is 0. The molecule has 0 saturated heterocycles. The standard InChI is InChI=1S/C5H8O5S/c6-4-2-1-3-5(7)10-11(8)9/h4H,1-3H2,(H,8,9). The third-order valence-electron chi connectivity index (χ3n) is 0.867. The van der Waals surface area contributed by atoms with Crippen LogP contribution in [-0.2, 0) is 25.1 Å². The molecule has 0 aromatic heterocycles. The molecule has 0 aliphatic rings. The summed E-state index contributed by atoms with van der Waals surface area (Å²) in [4.78, 5) is 20.2. The molecule has 0 aromatic rings. The molecule has 11 heavy (non-hydrogen) atoms. The van der Waals surface area contributed by atoms with Crippen molar-refractivity contribution < 1.29 is 22.5 Å². The van der Waals surface area contributed by atoms with Crippen molar-refractivity contribution in [1.29, 1.82) is 0 Å². The molecule has 6 heteroatoms. The number of rotatable bonds is 5. The van der Waals surface area contributed by atoms with Crippen molar-refractivity contribution in [3.63, 3.8) is 0 Å². The molecular formula is C5H8O5S. The van der Waals surface area contributed by atoms with Crippen molar-refractivity contribution in [2.75, 3.05) is 0 Å². The Labute approximate surface area is 66.2 Å². The van der Waals surface area contributed by atoms with Crippen LogP contribution in [0.5, 0.6) is 0 Å². The van der Waals surface area contributed by atoms with Crippen LogP contribution in [0.4, 0.5) is 0 Å². The lowest BCUT2D eigenvalue weighted by molar-refractivity contribution is -0.134. The Morgan fingerprint density at radius 3 is 2.73 bits per heavy atom. The van der Waals surface area contributed by atoms with E-state index in [1.54, 1.807) is 0 Å². The minimum Gasteiger partial charge on any atom is -0.343 e. The highest BCUT2D eigenvalue weighted by molar-refractivity contribution is 7.74. The van der Waals surface area contributed by atoms with E-state index in [9.17, 15) is 13.8 Å². The van der Waals surface area contributed by atoms with Gasteiger partial charge in [-0.2, -0.15) is 4.21 Å². The van der Waals surface area contributed by atoms with Crippen LogP contribution in [0.15, 0.2) is 0 Å². The van der Waals surface area contributed by atoms with E-state index in [2.05, 4.69) is 4.18 Å². The Morgan fingerprint density at radius 2 is 2.27 bits per heavy atom. The summed E-state index contributed by atoms with van der Waals surface area (Å²) < 4.78 is 21.7. The van der Waals surface area contributed by atoms with Crippen LogP contribution in [0.2, 0.25) is 0 Å². The lowest BCUT2D eigenvalue weighted by Gasteiger charge is -1.95. The van der Waals surface area contributed by atoms with Gasteiger partial charge in [0, 0.05) is 12.8 Å². The summed E-state index contributed by atoms with van der Waals surface area (Å²) in [6.45, 7) is 0. The maximum Gasteiger partial charge on any atom is 0.360 e. The lowest BCUT2D eigenvalue weighted by atomic mass is 10.2. The normalized spacial score (nSPS) is 12.1. The SMILES string of the molecule is O=CCCCC(=O)OS(=O)O. The Morgan fingerprint density at radius 1 is 1.64 bits per heavy atom. The van der Waals surface area contributed by atoms with Crippen LogP contribution in [-0.4, -0.2) is 21.0 Å². The first-order chi connectivity index (χ1) is 5.16. The zero-order chi connectivity index (χ0) is 8.69. The maximum absolute atomic E-state index is 10.4. The summed E-state index contributed by atoms with van der Waals surface area (Å²) in [7, 11) is 0. The highest BCUT2D eigenvalue weighted by Crippen LogP contribution is 1.96. The molecule has 0 spiro atoms. The van der Waals surface area contributed by atoms with E-state index >= 15 is 0 Å². The molecule has 0 radical (unpaired) electrons. The van der Waals surface area contributed by atoms with Gasteiger partial charge in [0.15, 0.2) is 0 Å². The van der Waals surface area contributed by atoms with E-state index in [0.29, 0.717) is 12.7 Å². The molecule has 0 aromatic carbocycles. The van der Waals surface area contributed by atoms with Crippen molar-refractivity contribution in [2.45, 2.75) is 19.3 Å². The third-order valence-corrected chi connectivity index (χ3v) is 1.20. The molecule has 0 bridgehead atoms. The van der Waals surface area contributed by atoms with Crippen LogP contribution < -0.4 is 0 Å². The summed E-state index contributed by atoms with van der Waals surface area (Å²) in [6, 6.07) is 0. The molecule has 0 aliphatic heterocycles. The average Bonchev–Trinajstić information content (AvgIpc) is 1.86. The molecular weight excluding hydrogens is 172 g/mol. The molecule has 1 atom stereocenters. The maximum atomic E-state index is 10.4. The highest BCUT2D eigenvalue weighted by atomic mass is 32.2. The van der Waals surface area contributed by atoms with Crippen LogP contribution in [0.1, 0.15) is 19.3 Å². The first-order valence-corrected chi connectivity index (χ1v) is 3.95. The quantitative estimate of drug-likeness (QED) is 0.367. The average molecular weight is 180 g/mol. The van der Waals surface area contributed by atoms with Crippen molar-refractivity contribution >= 4 is 23.6 Å². The lowest BCUT2D eigenvalue weighted by Crippen LogP contribution is -2.05. The molecule has 0 amide bonds. The number of unbranched alkanes of at least 4 members (excludes halogenated alkanes) is 1. The Bertz CT molecular complexity index is 166. The molecule has 1 N–H and O–H groups in total. The van der Waals surface area contributed by atoms with E-state index in [0.717, 1.165) is 0 Å². The fourth-order valence-corrected chi connectivity index (χ4v) is 0.693. The summed E-state index contributed by atoms with van der Waals surface area (Å²) in [6.07, 6.45) is 1.26. The Balaban J connectivity index is 3.37. The fourth-order valence-electron chi connectivity index (χ4n) is 0.451. The van der Waals surface area contributed by atoms with E-state index < -0.39 is 17.3 Å². The zero-order valence-electron chi connectivity index (χ0n) is 5.69. The van der Waals surface area contributed by atoms with Gasteiger partial charge in [0.2, 0.25) is 0 Å². The van der Waals surface area contributed by atoms with Crippen molar-refractivity contribution in [3.05, 3.63) is 0 Å². The highest BCUT2D eigenvalue weighted by Gasteiger charge is 2.04. The first-order valence-electron chi connectivity index (χ1n) is 2.92. The second-order valence-electron chi connectivity index (χ2n) is 1.73. The molecule has 0 saturated carbocycles. The van der Waals surface area contributed by atoms with Gasteiger partial charge >= 0.3 is 17.3 Å². The number of hydrogen-bond acceptors (Lipinski definition) is 4. The number of carbonyl (C=O) groups excluding carboxylic acids is 2. The smallest absolute Gasteiger partial charge is 0.343 e. The minimum absolute atomic E-state index is 0.00889. The second kappa shape index (κ2) is 5.99. The summed E-state index contributed by atoms with van der Waals surface area (Å²) >= 11 is -2.54. The first kappa shape index (κ1) is 10.2. The molecule has 0 rings (SSSR count). The van der Waals surface area contributed by atoms with Gasteiger partial charge < -0.3 is 8.98 Å². The van der Waals surface area contributed by atoms with Gasteiger partial charge in [0.05, 0.1) is 0 Å². The number of aldehydes is 1. The summed E-state index contributed by atoms with van der Waals surface area (Å²) in [5, 5.41) is 0. The number of hydrogen-bond donors (Lipinski definition) is 1. The fraction of sp³-hybridized carbons (Fsp3) is 0.600. The molecule has 0 fully saturated rings. The van der Waals surface area contributed by atoms with E-state index in [1.807, 2.05) is 0 Å². The number of carbonyl (C=O) groups is 2. The zero-order valence-corrected chi connectivity index (χ0v) is 6.50. The molecule has 0 heterocycles. The molecule has 5 nitrogen and oxygen atoms in total. The van der Waals surface area contributed by atoms with Gasteiger partial charge in [-0.1, -0.05) is 0 Å². The van der Waals surface area contributed by atoms with Crippen LogP contribution in [0, 0.1) is 0 Å². The van der Waals surface area contributed by atoms with E-state index in [4.69, 9.17) is 4.55 Å². The van der Waals surface area contributed by atoms with Gasteiger partial charge in [-0.25, -0.2) is 0 Å². The molecule has 0 aliphatic carbocycles. The second-order valence-corrected chi connectivity index (χ2v) is 2.33. The topological polar surface area (TPSA) is 80.7 Å². The summed E-state index contributed by atoms with van der Waals surface area (Å²) in [5.74, 6) is -0.771. The van der Waals surface area contributed by atoms with Crippen LogP contribution in [0.25, 0.3) is 0 Å². The molecule has 1 unspecified atom stereocenters. The molecule has 64 valence electrons. The predicted octanol–water partition coefficient (Wildman–Crippen LogP) is 0.0355. The van der Waals surface area contributed by atoms with Gasteiger partial charge in [0.1, 0.15) is 6.29 Å². The predicted molar refractivity (Wildman–Crippen MR) is 36.8 cm³/mol. The van der Waals surface area contributed by atoms with Gasteiger partial charge in [-0.05, 0) is 6.42 Å². The van der Waals surface area contributed by atoms with Crippen molar-refractivity contribution in [3.8, 4) is 0 Å². The monoisotopic (exact) mass is 180 g/mol. The third kappa shape index (κ3) is 7.14. The van der Waals surface area contributed by atoms with Crippen molar-refractivity contribution in [1.82, 2.24) is 0 Å². The Hall–Kier alpha value is -0.750. The van der Waals surface area contributed by atoms with Gasteiger partial charge in [-0.15, -0.1) is 0 Å². The van der Waals surface area contributed by atoms with E-state index in [1.165, 1.54) is 0 Å². The Kier molecular flexibility index (Phi) is 5.58. The minimum atomic E-state index is -2.54. The van der Waals surface area contributed by atoms with Crippen molar-refractivity contribution in [2.24, 2.45) is 0 Å². The van der Waals surface area contributed by atoms with E-state index in [-0.39, 0.29) is 12.8 Å². The largest absolute Gasteiger partial charge is 0.360 e. The van der Waals surface area contributed by atoms with Gasteiger partial charge in [-0.3, -0.25) is 9.35 Å². The van der Waals surface area contributed by atoms with Crippen LogP contribution in [0.3, 0.4) is 0 Å². The van der Waals surface area contributed by atoms with Gasteiger partial charge in [0.25, 0.3) is 0 Å².